The number of methoxy groups -OCH3 is 1. The molecule has 0 aliphatic carbocycles. The number of hydrogen-bond donors (Lipinski definition) is 0. The maximum absolute atomic E-state index is 13.4. The molecule has 9 heteroatoms. The molecular weight excluding hydrogens is 468 g/mol. The van der Waals surface area contributed by atoms with Gasteiger partial charge < -0.3 is 14.5 Å². The van der Waals surface area contributed by atoms with E-state index in [2.05, 4.69) is 27.1 Å². The Balaban J connectivity index is 1.54. The molecule has 37 heavy (non-hydrogen) atoms. The minimum Gasteiger partial charge on any atom is -0.497 e. The molecule has 0 radical (unpaired) electrons. The molecule has 0 unspecified atom stereocenters. The second-order valence-electron chi connectivity index (χ2n) is 9.36. The van der Waals surface area contributed by atoms with E-state index < -0.39 is 0 Å². The van der Waals surface area contributed by atoms with Gasteiger partial charge in [-0.2, -0.15) is 5.10 Å². The topological polar surface area (TPSA) is 83.8 Å². The number of aromatic nitrogens is 3. The van der Waals surface area contributed by atoms with Gasteiger partial charge in [0, 0.05) is 64.8 Å². The van der Waals surface area contributed by atoms with Crippen LogP contribution in [0, 0.1) is 0 Å². The Morgan fingerprint density at radius 3 is 2.68 bits per heavy atom. The van der Waals surface area contributed by atoms with E-state index >= 15 is 0 Å². The highest BCUT2D eigenvalue weighted by molar-refractivity contribution is 5.92. The molecule has 0 N–H and O–H groups in total. The number of rotatable bonds is 7. The van der Waals surface area contributed by atoms with Crippen molar-refractivity contribution in [3.8, 4) is 5.75 Å². The van der Waals surface area contributed by atoms with Crippen molar-refractivity contribution in [1.82, 2.24) is 24.6 Å². The number of ether oxygens (including phenoxy) is 1. The maximum Gasteiger partial charge on any atom is 0.223 e. The van der Waals surface area contributed by atoms with Crippen LogP contribution < -0.4 is 9.64 Å². The smallest absolute Gasteiger partial charge is 0.223 e. The fraction of sp³-hybridized carbons (Fsp3) is 0.429. The van der Waals surface area contributed by atoms with E-state index in [0.29, 0.717) is 39.0 Å². The van der Waals surface area contributed by atoms with Crippen LogP contribution in [0.1, 0.15) is 37.3 Å². The van der Waals surface area contributed by atoms with E-state index in [0.717, 1.165) is 48.6 Å². The predicted octanol–water partition coefficient (Wildman–Crippen LogP) is 3.35. The lowest BCUT2D eigenvalue weighted by atomic mass is 10.1. The molecule has 0 saturated carbocycles. The van der Waals surface area contributed by atoms with Crippen molar-refractivity contribution in [2.75, 3.05) is 38.2 Å². The summed E-state index contributed by atoms with van der Waals surface area (Å²) in [6.45, 7) is 6.28. The minimum atomic E-state index is 0.0109. The highest BCUT2D eigenvalue weighted by Gasteiger charge is 2.22. The van der Waals surface area contributed by atoms with Crippen molar-refractivity contribution in [3.63, 3.8) is 0 Å². The lowest BCUT2D eigenvalue weighted by Gasteiger charge is -2.28. The number of hydrogen-bond acceptors (Lipinski definition) is 6. The first-order valence-corrected chi connectivity index (χ1v) is 12.8. The molecule has 1 aliphatic heterocycles. The van der Waals surface area contributed by atoms with Gasteiger partial charge in [-0.3, -0.25) is 19.2 Å². The lowest BCUT2D eigenvalue weighted by molar-refractivity contribution is -0.132. The fourth-order valence-electron chi connectivity index (χ4n) is 4.77. The van der Waals surface area contributed by atoms with Gasteiger partial charge in [-0.15, -0.1) is 0 Å². The highest BCUT2D eigenvalue weighted by atomic mass is 16.5. The summed E-state index contributed by atoms with van der Waals surface area (Å²) >= 11 is 0. The molecule has 2 aromatic carbocycles. The molecule has 0 bridgehead atoms. The van der Waals surface area contributed by atoms with Gasteiger partial charge in [0.25, 0.3) is 0 Å². The third kappa shape index (κ3) is 7.39. The molecule has 9 nitrogen and oxygen atoms in total. The normalized spacial score (nSPS) is 15.1. The summed E-state index contributed by atoms with van der Waals surface area (Å²) in [6.07, 6.45) is 5.12. The number of anilines is 1. The number of aryl methyl sites for hydroxylation is 1. The van der Waals surface area contributed by atoms with Gasteiger partial charge >= 0.3 is 0 Å². The van der Waals surface area contributed by atoms with E-state index in [9.17, 15) is 9.59 Å². The molecule has 196 valence electrons. The van der Waals surface area contributed by atoms with Crippen LogP contribution >= 0.6 is 0 Å². The minimum absolute atomic E-state index is 0.0109. The first kappa shape index (κ1) is 26.3. The van der Waals surface area contributed by atoms with Crippen molar-refractivity contribution >= 4 is 17.5 Å². The Morgan fingerprint density at radius 2 is 1.89 bits per heavy atom. The average Bonchev–Trinajstić information content (AvgIpc) is 3.41. The Hall–Kier alpha value is -3.72. The first-order valence-electron chi connectivity index (χ1n) is 12.8. The maximum atomic E-state index is 13.4. The van der Waals surface area contributed by atoms with Gasteiger partial charge in [0.05, 0.1) is 7.11 Å². The summed E-state index contributed by atoms with van der Waals surface area (Å²) in [5.41, 5.74) is 3.03. The van der Waals surface area contributed by atoms with Crippen LogP contribution in [0.15, 0.2) is 61.2 Å². The zero-order valence-corrected chi connectivity index (χ0v) is 21.8. The van der Waals surface area contributed by atoms with Crippen LogP contribution in [0.3, 0.4) is 0 Å². The second-order valence-corrected chi connectivity index (χ2v) is 9.36. The van der Waals surface area contributed by atoms with E-state index in [4.69, 9.17) is 4.74 Å². The third-order valence-corrected chi connectivity index (χ3v) is 6.70. The highest BCUT2D eigenvalue weighted by Crippen LogP contribution is 2.24. The molecular formula is C28H36N6O3. The quantitative estimate of drug-likeness (QED) is 0.491. The van der Waals surface area contributed by atoms with Crippen molar-refractivity contribution < 1.29 is 14.3 Å². The van der Waals surface area contributed by atoms with Crippen molar-refractivity contribution in [3.05, 3.63) is 72.3 Å². The molecule has 0 saturated heterocycles. The van der Waals surface area contributed by atoms with Crippen LogP contribution in [0.5, 0.6) is 5.75 Å². The van der Waals surface area contributed by atoms with Gasteiger partial charge in [-0.05, 0) is 42.2 Å². The van der Waals surface area contributed by atoms with Crippen LogP contribution in [0.2, 0.25) is 0 Å². The molecule has 1 aromatic heterocycles. The molecule has 0 atom stereocenters. The number of nitrogens with zero attached hydrogens (tertiary/aromatic N) is 6. The number of carbonyl (C=O) groups is 2. The van der Waals surface area contributed by atoms with Crippen LogP contribution in [0.25, 0.3) is 0 Å². The molecule has 0 fully saturated rings. The fourth-order valence-corrected chi connectivity index (χ4v) is 4.77. The van der Waals surface area contributed by atoms with Gasteiger partial charge in [-0.25, -0.2) is 4.98 Å². The predicted molar refractivity (Wildman–Crippen MR) is 142 cm³/mol. The van der Waals surface area contributed by atoms with E-state index in [-0.39, 0.29) is 11.8 Å². The third-order valence-electron chi connectivity index (χ3n) is 6.70. The largest absolute Gasteiger partial charge is 0.497 e. The average molecular weight is 505 g/mol. The summed E-state index contributed by atoms with van der Waals surface area (Å²) in [5.74, 6) is 0.944. The monoisotopic (exact) mass is 504 g/mol. The first-order chi connectivity index (χ1) is 18.0. The van der Waals surface area contributed by atoms with Crippen LogP contribution in [-0.2, 0) is 29.2 Å². The summed E-state index contributed by atoms with van der Waals surface area (Å²) < 4.78 is 7.15. The van der Waals surface area contributed by atoms with Crippen molar-refractivity contribution in [2.45, 2.75) is 45.8 Å². The molecule has 0 spiro atoms. The summed E-state index contributed by atoms with van der Waals surface area (Å²) in [6, 6.07) is 16.0. The number of fused-ring (bicyclic) bond motifs is 1. The standard InChI is InChI=1S/C28H36N6O3/c1-23(35)34-15-7-13-31(19-24-8-5-10-26(18-24)37-2)16-17-32(20-25-9-3-4-11-27(25)34)28(36)12-6-14-33-22-29-21-30-33/h3-5,8-11,18,21-22H,6-7,12-17,19-20H2,1-2H3. The van der Waals surface area contributed by atoms with Crippen LogP contribution in [-0.4, -0.2) is 69.7 Å². The Labute approximate surface area is 218 Å². The van der Waals surface area contributed by atoms with E-state index in [1.165, 1.54) is 6.33 Å². The molecule has 4 rings (SSSR count). The molecule has 1 aliphatic rings. The SMILES string of the molecule is COc1cccc(CN2CCCN(C(C)=O)c3ccccc3CN(C(=O)CCCn3cncn3)CC2)c1. The van der Waals surface area contributed by atoms with E-state index in [1.54, 1.807) is 25.0 Å². The second kappa shape index (κ2) is 13.0. The Kier molecular flexibility index (Phi) is 9.26. The van der Waals surface area contributed by atoms with Gasteiger partial charge in [0.15, 0.2) is 0 Å². The number of para-hydroxylation sites is 1. The van der Waals surface area contributed by atoms with Gasteiger partial charge in [0.1, 0.15) is 18.4 Å². The Morgan fingerprint density at radius 1 is 1.03 bits per heavy atom. The Bertz CT molecular complexity index is 1170. The number of benzene rings is 2. The summed E-state index contributed by atoms with van der Waals surface area (Å²) in [7, 11) is 1.67. The van der Waals surface area contributed by atoms with Crippen LogP contribution in [0.4, 0.5) is 5.69 Å². The van der Waals surface area contributed by atoms with Crippen molar-refractivity contribution in [1.29, 1.82) is 0 Å². The zero-order chi connectivity index (χ0) is 26.0. The van der Waals surface area contributed by atoms with E-state index in [1.807, 2.05) is 46.2 Å². The van der Waals surface area contributed by atoms with Gasteiger partial charge in [-0.1, -0.05) is 30.3 Å². The molecule has 2 heterocycles. The zero-order valence-electron chi connectivity index (χ0n) is 21.8. The van der Waals surface area contributed by atoms with Crippen molar-refractivity contribution in [2.24, 2.45) is 0 Å². The van der Waals surface area contributed by atoms with Gasteiger partial charge in [0.2, 0.25) is 11.8 Å². The number of amides is 2. The molecule has 3 aromatic rings. The molecule has 2 amide bonds. The number of carbonyl (C=O) groups excluding carboxylic acids is 2. The summed E-state index contributed by atoms with van der Waals surface area (Å²) in [4.78, 5) is 36.2. The lowest BCUT2D eigenvalue weighted by Crippen LogP contribution is -2.38. The summed E-state index contributed by atoms with van der Waals surface area (Å²) in [5, 5.41) is 4.13.